The van der Waals surface area contributed by atoms with E-state index >= 15 is 0 Å². The minimum atomic E-state index is -0.211. The Hall–Kier alpha value is -3.86. The predicted molar refractivity (Wildman–Crippen MR) is 130 cm³/mol. The van der Waals surface area contributed by atoms with E-state index in [9.17, 15) is 4.79 Å². The molecule has 0 unspecified atom stereocenters. The summed E-state index contributed by atoms with van der Waals surface area (Å²) in [5, 5.41) is 5.26. The minimum Gasteiger partial charge on any atom is -0.367 e. The van der Waals surface area contributed by atoms with E-state index in [4.69, 9.17) is 0 Å². The van der Waals surface area contributed by atoms with E-state index in [0.717, 1.165) is 47.2 Å². The summed E-state index contributed by atoms with van der Waals surface area (Å²) < 4.78 is 0. The number of H-pyrrole nitrogens is 1. The number of hydrazone groups is 1. The van der Waals surface area contributed by atoms with Gasteiger partial charge in [-0.15, -0.1) is 0 Å². The van der Waals surface area contributed by atoms with Gasteiger partial charge in [0.1, 0.15) is 0 Å². The van der Waals surface area contributed by atoms with Gasteiger partial charge in [0.15, 0.2) is 0 Å². The molecule has 0 saturated carbocycles. The third-order valence-electron chi connectivity index (χ3n) is 6.26. The van der Waals surface area contributed by atoms with Crippen LogP contribution in [0.4, 0.5) is 5.69 Å². The number of aromatic nitrogens is 1. The van der Waals surface area contributed by atoms with E-state index in [1.807, 2.05) is 31.2 Å². The molecule has 1 aliphatic rings. The number of aromatic amines is 1. The van der Waals surface area contributed by atoms with Crippen molar-refractivity contribution in [3.05, 3.63) is 100 Å². The Morgan fingerprint density at radius 2 is 1.94 bits per heavy atom. The first-order valence-corrected chi connectivity index (χ1v) is 10.9. The summed E-state index contributed by atoms with van der Waals surface area (Å²) in [4.78, 5) is 18.3. The van der Waals surface area contributed by atoms with Crippen molar-refractivity contribution in [3.8, 4) is 0 Å². The smallest absolute Gasteiger partial charge is 0.271 e. The van der Waals surface area contributed by atoms with Crippen LogP contribution in [0.5, 0.6) is 0 Å². The molecule has 5 rings (SSSR count). The molecule has 1 amide bonds. The van der Waals surface area contributed by atoms with Gasteiger partial charge in [0, 0.05) is 40.9 Å². The fourth-order valence-corrected chi connectivity index (χ4v) is 4.37. The summed E-state index contributed by atoms with van der Waals surface area (Å²) in [6.07, 6.45) is 2.73. The highest BCUT2D eigenvalue weighted by atomic mass is 16.2. The van der Waals surface area contributed by atoms with Gasteiger partial charge in [-0.05, 0) is 72.9 Å². The third kappa shape index (κ3) is 3.89. The van der Waals surface area contributed by atoms with Gasteiger partial charge in [-0.2, -0.15) is 5.10 Å². The van der Waals surface area contributed by atoms with Crippen LogP contribution < -0.4 is 10.3 Å². The monoisotopic (exact) mass is 422 g/mol. The first-order chi connectivity index (χ1) is 15.6. The second kappa shape index (κ2) is 8.35. The Balaban J connectivity index is 1.25. The van der Waals surface area contributed by atoms with Crippen molar-refractivity contribution in [2.24, 2.45) is 5.10 Å². The molecule has 3 aromatic carbocycles. The second-order valence-electron chi connectivity index (χ2n) is 8.38. The lowest BCUT2D eigenvalue weighted by Crippen LogP contribution is -2.19. The molecule has 4 aromatic rings. The van der Waals surface area contributed by atoms with Gasteiger partial charge in [0.2, 0.25) is 0 Å². The molecule has 0 bridgehead atoms. The topological polar surface area (TPSA) is 60.5 Å². The van der Waals surface area contributed by atoms with Gasteiger partial charge in [0.05, 0.1) is 6.21 Å². The summed E-state index contributed by atoms with van der Waals surface area (Å²) in [5.74, 6) is -0.211. The molecular weight excluding hydrogens is 396 g/mol. The van der Waals surface area contributed by atoms with Crippen molar-refractivity contribution >= 4 is 28.7 Å². The van der Waals surface area contributed by atoms with Gasteiger partial charge in [-0.3, -0.25) is 4.79 Å². The fraction of sp³-hybridized carbons (Fsp3) is 0.185. The molecule has 0 aliphatic carbocycles. The molecule has 0 fully saturated rings. The van der Waals surface area contributed by atoms with Gasteiger partial charge < -0.3 is 9.88 Å². The van der Waals surface area contributed by atoms with Crippen molar-refractivity contribution in [1.29, 1.82) is 0 Å². The molecule has 2 heterocycles. The van der Waals surface area contributed by atoms with Gasteiger partial charge in [0.25, 0.3) is 5.91 Å². The van der Waals surface area contributed by atoms with Crippen molar-refractivity contribution in [1.82, 2.24) is 10.4 Å². The van der Waals surface area contributed by atoms with Crippen molar-refractivity contribution in [3.63, 3.8) is 0 Å². The average molecular weight is 423 g/mol. The molecule has 1 aromatic heterocycles. The largest absolute Gasteiger partial charge is 0.367 e. The van der Waals surface area contributed by atoms with Crippen molar-refractivity contribution in [2.75, 3.05) is 11.4 Å². The zero-order chi connectivity index (χ0) is 22.1. The maximum absolute atomic E-state index is 12.6. The van der Waals surface area contributed by atoms with Crippen LogP contribution in [-0.2, 0) is 13.0 Å². The molecular formula is C27H26N4O. The summed E-state index contributed by atoms with van der Waals surface area (Å²) in [6, 6.07) is 22.6. The number of amides is 1. The molecule has 0 atom stereocenters. The Morgan fingerprint density at radius 3 is 2.78 bits per heavy atom. The molecule has 1 aliphatic heterocycles. The number of carbonyl (C=O) groups is 1. The molecule has 0 spiro atoms. The predicted octanol–water partition coefficient (Wildman–Crippen LogP) is 5.11. The van der Waals surface area contributed by atoms with Gasteiger partial charge >= 0.3 is 0 Å². The summed E-state index contributed by atoms with van der Waals surface area (Å²) in [5.41, 5.74) is 11.5. The summed E-state index contributed by atoms with van der Waals surface area (Å²) in [7, 11) is 0. The average Bonchev–Trinajstić information content (AvgIpc) is 3.34. The van der Waals surface area contributed by atoms with Crippen LogP contribution in [0.3, 0.4) is 0 Å². The number of hydrogen-bond donors (Lipinski definition) is 2. The lowest BCUT2D eigenvalue weighted by Gasteiger charge is -2.19. The number of carbonyl (C=O) groups excluding carboxylic acids is 1. The van der Waals surface area contributed by atoms with E-state index in [0.29, 0.717) is 5.56 Å². The molecule has 0 saturated heterocycles. The van der Waals surface area contributed by atoms with Crippen LogP contribution in [0, 0.1) is 13.8 Å². The standard InChI is InChI=1S/C27H26N4O/c1-18-19(2)29-25-10-9-23(15-24(18)25)27(32)30-28-16-21-8-11-26-22(14-21)12-13-31(26)17-20-6-4-3-5-7-20/h3-11,14-16,29H,12-13,17H2,1-2H3,(H,30,32)/b28-16+. The number of benzene rings is 3. The number of hydrogen-bond acceptors (Lipinski definition) is 3. The number of nitrogens with zero attached hydrogens (tertiary/aromatic N) is 2. The highest BCUT2D eigenvalue weighted by molar-refractivity contribution is 5.99. The third-order valence-corrected chi connectivity index (χ3v) is 6.26. The van der Waals surface area contributed by atoms with E-state index < -0.39 is 0 Å². The van der Waals surface area contributed by atoms with Gasteiger partial charge in [-0.1, -0.05) is 36.4 Å². The molecule has 0 radical (unpaired) electrons. The van der Waals surface area contributed by atoms with E-state index in [-0.39, 0.29) is 5.91 Å². The van der Waals surface area contributed by atoms with E-state index in [1.165, 1.54) is 16.8 Å². The van der Waals surface area contributed by atoms with Crippen LogP contribution in [0.2, 0.25) is 0 Å². The number of aryl methyl sites for hydroxylation is 2. The Kier molecular flexibility index (Phi) is 5.23. The molecule has 5 heteroatoms. The fourth-order valence-electron chi connectivity index (χ4n) is 4.37. The van der Waals surface area contributed by atoms with Crippen LogP contribution >= 0.6 is 0 Å². The number of anilines is 1. The first kappa shape index (κ1) is 20.1. The van der Waals surface area contributed by atoms with E-state index in [2.05, 4.69) is 69.8 Å². The molecule has 160 valence electrons. The zero-order valence-electron chi connectivity index (χ0n) is 18.4. The lowest BCUT2D eigenvalue weighted by molar-refractivity contribution is 0.0955. The van der Waals surface area contributed by atoms with Crippen molar-refractivity contribution in [2.45, 2.75) is 26.8 Å². The number of fused-ring (bicyclic) bond motifs is 2. The maximum atomic E-state index is 12.6. The van der Waals surface area contributed by atoms with Crippen LogP contribution in [-0.4, -0.2) is 23.7 Å². The highest BCUT2D eigenvalue weighted by Gasteiger charge is 2.19. The Bertz CT molecular complexity index is 1320. The SMILES string of the molecule is Cc1[nH]c2ccc(C(=O)N/N=C/c3ccc4c(c3)CCN4Cc3ccccc3)cc2c1C. The first-order valence-electron chi connectivity index (χ1n) is 10.9. The van der Waals surface area contributed by atoms with Crippen LogP contribution in [0.25, 0.3) is 10.9 Å². The van der Waals surface area contributed by atoms with Crippen molar-refractivity contribution < 1.29 is 4.79 Å². The normalized spacial score (nSPS) is 13.1. The molecule has 2 N–H and O–H groups in total. The summed E-state index contributed by atoms with van der Waals surface area (Å²) >= 11 is 0. The Labute approximate surface area is 187 Å². The summed E-state index contributed by atoms with van der Waals surface area (Å²) in [6.45, 7) is 6.03. The van der Waals surface area contributed by atoms with Crippen LogP contribution in [0.15, 0.2) is 71.8 Å². The lowest BCUT2D eigenvalue weighted by atomic mass is 10.1. The molecule has 32 heavy (non-hydrogen) atoms. The molecule has 5 nitrogen and oxygen atoms in total. The maximum Gasteiger partial charge on any atom is 0.271 e. The number of rotatable bonds is 5. The number of nitrogens with one attached hydrogen (secondary N) is 2. The zero-order valence-corrected chi connectivity index (χ0v) is 18.4. The minimum absolute atomic E-state index is 0.211. The second-order valence-corrected chi connectivity index (χ2v) is 8.38. The van der Waals surface area contributed by atoms with E-state index in [1.54, 1.807) is 6.21 Å². The quantitative estimate of drug-likeness (QED) is 0.347. The van der Waals surface area contributed by atoms with Gasteiger partial charge in [-0.25, -0.2) is 5.43 Å². The highest BCUT2D eigenvalue weighted by Crippen LogP contribution is 2.30. The van der Waals surface area contributed by atoms with Crippen LogP contribution in [0.1, 0.15) is 38.3 Å². The Morgan fingerprint density at radius 1 is 1.09 bits per heavy atom.